The van der Waals surface area contributed by atoms with Gasteiger partial charge in [0.1, 0.15) is 29.2 Å². The number of nitrogens with one attached hydrogen (secondary N) is 1. The van der Waals surface area contributed by atoms with Gasteiger partial charge in [-0.05, 0) is 12.3 Å². The van der Waals surface area contributed by atoms with Crippen molar-refractivity contribution >= 4 is 34.5 Å². The molecular formula is C20H12ClF5N4O2S. The number of fused-ring (bicyclic) bond motifs is 2. The lowest BCUT2D eigenvalue weighted by molar-refractivity contribution is -0.0240. The SMILES string of the molecule is CSN[C@@H]1Cn2c(cn(-c3noc4cc(Cl)cc(-c5c(F)cc(F)cc5F)c34)c2=O)C1(F)F. The zero-order valence-electron chi connectivity index (χ0n) is 16.5. The Labute approximate surface area is 191 Å². The summed E-state index contributed by atoms with van der Waals surface area (Å²) in [6.45, 7) is -0.301. The van der Waals surface area contributed by atoms with E-state index in [1.54, 1.807) is 6.26 Å². The van der Waals surface area contributed by atoms with E-state index < -0.39 is 46.4 Å². The van der Waals surface area contributed by atoms with E-state index in [0.717, 1.165) is 27.3 Å². The minimum atomic E-state index is -3.37. The van der Waals surface area contributed by atoms with E-state index >= 15 is 0 Å². The van der Waals surface area contributed by atoms with Gasteiger partial charge in [-0.2, -0.15) is 8.78 Å². The topological polar surface area (TPSA) is 65.0 Å². The largest absolute Gasteiger partial charge is 0.354 e. The van der Waals surface area contributed by atoms with Gasteiger partial charge < -0.3 is 4.52 Å². The summed E-state index contributed by atoms with van der Waals surface area (Å²) in [7, 11) is 0. The van der Waals surface area contributed by atoms with Crippen LogP contribution in [0.2, 0.25) is 5.02 Å². The molecule has 13 heteroatoms. The highest BCUT2D eigenvalue weighted by Gasteiger charge is 2.51. The second-order valence-corrected chi connectivity index (χ2v) is 8.43. The van der Waals surface area contributed by atoms with Crippen LogP contribution >= 0.6 is 23.5 Å². The van der Waals surface area contributed by atoms with Gasteiger partial charge >= 0.3 is 11.6 Å². The summed E-state index contributed by atoms with van der Waals surface area (Å²) < 4.78 is 81.7. The number of hydrogen-bond donors (Lipinski definition) is 1. The lowest BCUT2D eigenvalue weighted by Crippen LogP contribution is -2.37. The van der Waals surface area contributed by atoms with Gasteiger partial charge in [0.05, 0.1) is 17.5 Å². The molecule has 0 fully saturated rings. The van der Waals surface area contributed by atoms with Gasteiger partial charge in [0, 0.05) is 35.0 Å². The number of halogens is 6. The molecule has 0 aliphatic carbocycles. The minimum Gasteiger partial charge on any atom is -0.354 e. The monoisotopic (exact) mass is 502 g/mol. The summed E-state index contributed by atoms with van der Waals surface area (Å²) in [5.74, 6) is -7.22. The van der Waals surface area contributed by atoms with Gasteiger partial charge in [0.2, 0.25) is 0 Å². The fraction of sp³-hybridized carbons (Fsp3) is 0.200. The fourth-order valence-corrected chi connectivity index (χ4v) is 4.70. The summed E-state index contributed by atoms with van der Waals surface area (Å²) >= 11 is 7.05. The number of aromatic nitrogens is 3. The Hall–Kier alpha value is -2.83. The second-order valence-electron chi connectivity index (χ2n) is 7.35. The molecule has 2 aromatic carbocycles. The van der Waals surface area contributed by atoms with E-state index in [4.69, 9.17) is 16.1 Å². The molecule has 0 spiro atoms. The molecule has 0 saturated heterocycles. The molecule has 2 aromatic heterocycles. The first-order valence-electron chi connectivity index (χ1n) is 9.36. The highest BCUT2D eigenvalue weighted by Crippen LogP contribution is 2.41. The van der Waals surface area contributed by atoms with Crippen molar-refractivity contribution in [3.8, 4) is 16.9 Å². The molecule has 1 aliphatic rings. The Morgan fingerprint density at radius 2 is 1.91 bits per heavy atom. The van der Waals surface area contributed by atoms with Crippen molar-refractivity contribution in [1.29, 1.82) is 0 Å². The number of hydrogen-bond acceptors (Lipinski definition) is 5. The number of rotatable bonds is 4. The average molecular weight is 503 g/mol. The van der Waals surface area contributed by atoms with Crippen LogP contribution in [0.15, 0.2) is 39.8 Å². The first-order valence-corrected chi connectivity index (χ1v) is 11.0. The van der Waals surface area contributed by atoms with Crippen molar-refractivity contribution in [1.82, 2.24) is 19.0 Å². The van der Waals surface area contributed by atoms with Gasteiger partial charge in [-0.3, -0.25) is 9.29 Å². The molecule has 1 atom stereocenters. The summed E-state index contributed by atoms with van der Waals surface area (Å²) in [6, 6.07) is 2.15. The van der Waals surface area contributed by atoms with Crippen LogP contribution in [0.1, 0.15) is 5.69 Å². The third-order valence-corrected chi connectivity index (χ3v) is 6.15. The average Bonchev–Trinajstić information content (AvgIpc) is 3.35. The Bertz CT molecular complexity index is 1460. The van der Waals surface area contributed by atoms with Crippen molar-refractivity contribution in [3.63, 3.8) is 0 Å². The normalized spacial score (nSPS) is 17.1. The van der Waals surface area contributed by atoms with Crippen LogP contribution in [-0.2, 0) is 12.5 Å². The molecule has 0 bridgehead atoms. The molecule has 6 nitrogen and oxygen atoms in total. The van der Waals surface area contributed by atoms with Crippen molar-refractivity contribution < 1.29 is 26.5 Å². The quantitative estimate of drug-likeness (QED) is 0.319. The molecule has 3 heterocycles. The molecule has 0 saturated carbocycles. The van der Waals surface area contributed by atoms with Crippen LogP contribution in [0.4, 0.5) is 22.0 Å². The summed E-state index contributed by atoms with van der Waals surface area (Å²) in [5, 5.41) is 3.74. The molecule has 1 N–H and O–H groups in total. The zero-order chi connectivity index (χ0) is 23.7. The maximum absolute atomic E-state index is 14.8. The van der Waals surface area contributed by atoms with E-state index in [2.05, 4.69) is 9.88 Å². The maximum atomic E-state index is 14.8. The lowest BCUT2D eigenvalue weighted by atomic mass is 10.00. The maximum Gasteiger partial charge on any atom is 0.334 e. The van der Waals surface area contributed by atoms with Crippen LogP contribution < -0.4 is 10.4 Å². The van der Waals surface area contributed by atoms with Gasteiger partial charge in [-0.15, -0.1) is 0 Å². The number of nitrogens with zero attached hydrogens (tertiary/aromatic N) is 3. The predicted molar refractivity (Wildman–Crippen MR) is 112 cm³/mol. The van der Waals surface area contributed by atoms with Gasteiger partial charge in [-0.1, -0.05) is 28.7 Å². The van der Waals surface area contributed by atoms with Crippen LogP contribution in [-0.4, -0.2) is 26.6 Å². The van der Waals surface area contributed by atoms with E-state index in [0.29, 0.717) is 12.1 Å². The van der Waals surface area contributed by atoms with Crippen molar-refractivity contribution in [2.75, 3.05) is 6.26 Å². The van der Waals surface area contributed by atoms with Crippen molar-refractivity contribution in [2.45, 2.75) is 18.5 Å². The standard InChI is InChI=1S/C20H12ClF5N4O2S/c1-33-28-14-6-29-15(20(14,25)26)7-30(19(29)31)18-17-10(2-8(21)3-13(17)32-27-18)16-11(23)4-9(22)5-12(16)24/h2-5,7,14,28H,6H2,1H3/t14-/m1/s1. The highest BCUT2D eigenvalue weighted by molar-refractivity contribution is 7.96. The first-order chi connectivity index (χ1) is 15.6. The van der Waals surface area contributed by atoms with E-state index in [-0.39, 0.29) is 33.9 Å². The predicted octanol–water partition coefficient (Wildman–Crippen LogP) is 4.86. The first kappa shape index (κ1) is 22.0. The Morgan fingerprint density at radius 1 is 1.21 bits per heavy atom. The molecule has 5 rings (SSSR count). The molecular weight excluding hydrogens is 491 g/mol. The van der Waals surface area contributed by atoms with Gasteiger partial charge in [-0.25, -0.2) is 22.5 Å². The Balaban J connectivity index is 1.76. The number of benzene rings is 2. The Kier molecular flexibility index (Phi) is 5.07. The van der Waals surface area contributed by atoms with Crippen molar-refractivity contribution in [3.05, 3.63) is 69.1 Å². The lowest BCUT2D eigenvalue weighted by Gasteiger charge is -2.18. The van der Waals surface area contributed by atoms with Crippen LogP contribution in [0, 0.1) is 17.5 Å². The summed E-state index contributed by atoms with van der Waals surface area (Å²) in [5.41, 5.74) is -2.27. The third kappa shape index (κ3) is 3.27. The smallest absolute Gasteiger partial charge is 0.334 e. The summed E-state index contributed by atoms with van der Waals surface area (Å²) in [6.07, 6.45) is 2.50. The molecule has 0 amide bonds. The molecule has 1 aliphatic heterocycles. The Morgan fingerprint density at radius 3 is 2.55 bits per heavy atom. The highest BCUT2D eigenvalue weighted by atomic mass is 35.5. The van der Waals surface area contributed by atoms with E-state index in [1.165, 1.54) is 12.1 Å². The molecule has 172 valence electrons. The van der Waals surface area contributed by atoms with E-state index in [9.17, 15) is 26.7 Å². The number of imidazole rings is 1. The fourth-order valence-electron chi connectivity index (χ4n) is 3.99. The zero-order valence-corrected chi connectivity index (χ0v) is 18.1. The van der Waals surface area contributed by atoms with E-state index in [1.807, 2.05) is 0 Å². The van der Waals surface area contributed by atoms with Crippen LogP contribution in [0.5, 0.6) is 0 Å². The van der Waals surface area contributed by atoms with Gasteiger partial charge in [0.15, 0.2) is 11.4 Å². The molecule has 0 radical (unpaired) electrons. The van der Waals surface area contributed by atoms with Crippen LogP contribution in [0.25, 0.3) is 27.9 Å². The molecule has 4 aromatic rings. The molecule has 33 heavy (non-hydrogen) atoms. The van der Waals surface area contributed by atoms with Crippen molar-refractivity contribution in [2.24, 2.45) is 0 Å². The number of alkyl halides is 2. The second kappa shape index (κ2) is 7.61. The van der Waals surface area contributed by atoms with Crippen LogP contribution in [0.3, 0.4) is 0 Å². The minimum absolute atomic E-state index is 0.0209. The third-order valence-electron chi connectivity index (χ3n) is 5.41. The molecule has 0 unspecified atom stereocenters. The van der Waals surface area contributed by atoms with Gasteiger partial charge in [0.25, 0.3) is 0 Å². The summed E-state index contributed by atoms with van der Waals surface area (Å²) in [4.78, 5) is 13.0.